The number of benzene rings is 1. The van der Waals surface area contributed by atoms with Crippen LogP contribution in [0, 0.1) is 5.82 Å². The van der Waals surface area contributed by atoms with Crippen LogP contribution in [-0.2, 0) is 6.42 Å². The number of H-pyrrole nitrogens is 1. The molecule has 0 unspecified atom stereocenters. The molecule has 26 heavy (non-hydrogen) atoms. The smallest absolute Gasteiger partial charge is 0.272 e. The van der Waals surface area contributed by atoms with E-state index in [4.69, 9.17) is 0 Å². The van der Waals surface area contributed by atoms with Gasteiger partial charge in [-0.25, -0.2) is 4.39 Å². The third-order valence-corrected chi connectivity index (χ3v) is 4.71. The van der Waals surface area contributed by atoms with Crippen molar-refractivity contribution < 1.29 is 9.18 Å². The van der Waals surface area contributed by atoms with Crippen LogP contribution in [0.5, 0.6) is 0 Å². The number of aromatic amines is 1. The van der Waals surface area contributed by atoms with E-state index in [-0.39, 0.29) is 17.0 Å². The summed E-state index contributed by atoms with van der Waals surface area (Å²) in [5.41, 5.74) is 2.16. The lowest BCUT2D eigenvalue weighted by Gasteiger charge is -2.27. The normalized spacial score (nSPS) is 14.7. The van der Waals surface area contributed by atoms with Crippen LogP contribution in [0.4, 0.5) is 4.39 Å². The molecule has 1 fully saturated rings. The summed E-state index contributed by atoms with van der Waals surface area (Å²) >= 11 is 0. The third-order valence-electron chi connectivity index (χ3n) is 4.71. The van der Waals surface area contributed by atoms with E-state index < -0.39 is 5.82 Å². The number of fused-ring (bicyclic) bond motifs is 1. The van der Waals surface area contributed by atoms with Gasteiger partial charge in [-0.3, -0.25) is 9.59 Å². The fraction of sp³-hybridized carbons (Fsp3) is 0.263. The monoisotopic (exact) mass is 354 g/mol. The number of nitrogens with zero attached hydrogens (tertiary/aromatic N) is 2. The van der Waals surface area contributed by atoms with Gasteiger partial charge in [0.25, 0.3) is 11.5 Å². The first-order chi connectivity index (χ1) is 12.6. The zero-order valence-electron chi connectivity index (χ0n) is 14.2. The number of halogens is 1. The van der Waals surface area contributed by atoms with Gasteiger partial charge in [0.15, 0.2) is 0 Å². The zero-order chi connectivity index (χ0) is 18.1. The van der Waals surface area contributed by atoms with Crippen molar-refractivity contribution in [2.45, 2.75) is 6.42 Å². The minimum Gasteiger partial charge on any atom is -0.336 e. The molecule has 0 spiro atoms. The molecule has 0 bridgehead atoms. The Hall–Kier alpha value is -2.93. The van der Waals surface area contributed by atoms with E-state index in [1.807, 2.05) is 6.20 Å². The van der Waals surface area contributed by atoms with Crippen molar-refractivity contribution in [1.29, 1.82) is 0 Å². The van der Waals surface area contributed by atoms with Gasteiger partial charge >= 0.3 is 0 Å². The molecular weight excluding hydrogens is 335 g/mol. The maximum atomic E-state index is 14.3. The minimum atomic E-state index is -0.509. The Balaban J connectivity index is 1.65. The first-order valence-electron chi connectivity index (χ1n) is 8.59. The fourth-order valence-electron chi connectivity index (χ4n) is 3.34. The van der Waals surface area contributed by atoms with Crippen LogP contribution >= 0.6 is 0 Å². The summed E-state index contributed by atoms with van der Waals surface area (Å²) in [5.74, 6) is -0.789. The summed E-state index contributed by atoms with van der Waals surface area (Å²) in [4.78, 5) is 28.9. The molecule has 134 valence electrons. The number of aromatic nitrogens is 2. The van der Waals surface area contributed by atoms with Crippen LogP contribution in [0.1, 0.15) is 21.6 Å². The maximum absolute atomic E-state index is 14.3. The maximum Gasteiger partial charge on any atom is 0.272 e. The molecule has 4 rings (SSSR count). The second kappa shape index (κ2) is 6.76. The summed E-state index contributed by atoms with van der Waals surface area (Å²) in [6.07, 6.45) is 3.94. The Bertz CT molecular complexity index is 1020. The molecule has 1 amide bonds. The summed E-state index contributed by atoms with van der Waals surface area (Å²) in [7, 11) is 0. The number of hydrogen-bond acceptors (Lipinski definition) is 3. The number of nitrogens with one attached hydrogen (secondary N) is 2. The van der Waals surface area contributed by atoms with E-state index in [2.05, 4.69) is 10.3 Å². The van der Waals surface area contributed by atoms with Gasteiger partial charge in [-0.05, 0) is 29.8 Å². The minimum absolute atomic E-state index is 0.0950. The number of rotatable bonds is 3. The molecular formula is C19H19FN4O2. The average molecular weight is 354 g/mol. The van der Waals surface area contributed by atoms with Crippen molar-refractivity contribution in [3.05, 3.63) is 75.7 Å². The van der Waals surface area contributed by atoms with E-state index in [1.165, 1.54) is 6.07 Å². The molecule has 1 saturated heterocycles. The second-order valence-electron chi connectivity index (χ2n) is 6.41. The van der Waals surface area contributed by atoms with E-state index in [9.17, 15) is 14.0 Å². The number of hydrogen-bond donors (Lipinski definition) is 2. The van der Waals surface area contributed by atoms with Crippen LogP contribution in [0.15, 0.2) is 47.5 Å². The summed E-state index contributed by atoms with van der Waals surface area (Å²) in [6.45, 7) is 2.59. The standard InChI is InChI=1S/C19H19FN4O2/c20-16-4-3-13(11-15(16)19(26)23-8-5-21-6-9-23)10-14-12-22-18(25)17-2-1-7-24(14)17/h1-4,7,11-12,21H,5-6,8-10H2,(H,22,25). The highest BCUT2D eigenvalue weighted by molar-refractivity contribution is 5.94. The highest BCUT2D eigenvalue weighted by atomic mass is 19.1. The Morgan fingerprint density at radius 2 is 2.00 bits per heavy atom. The van der Waals surface area contributed by atoms with Gasteiger partial charge in [0.05, 0.1) is 5.56 Å². The van der Waals surface area contributed by atoms with Crippen LogP contribution in [-0.4, -0.2) is 46.4 Å². The highest BCUT2D eigenvalue weighted by Crippen LogP contribution is 2.17. The molecule has 1 aromatic carbocycles. The SMILES string of the molecule is O=C(c1cc(Cc2c[nH]c(=O)c3cccn23)ccc1F)N1CCNCC1. The molecule has 6 nitrogen and oxygen atoms in total. The molecule has 7 heteroatoms. The van der Waals surface area contributed by atoms with Crippen LogP contribution in [0.3, 0.4) is 0 Å². The lowest BCUT2D eigenvalue weighted by molar-refractivity contribution is 0.0731. The molecule has 0 radical (unpaired) electrons. The number of carbonyl (C=O) groups is 1. The molecule has 1 aliphatic heterocycles. The van der Waals surface area contributed by atoms with E-state index in [0.29, 0.717) is 25.0 Å². The molecule has 1 aliphatic rings. The quantitative estimate of drug-likeness (QED) is 0.747. The zero-order valence-corrected chi connectivity index (χ0v) is 14.2. The first kappa shape index (κ1) is 16.5. The molecule has 2 N–H and O–H groups in total. The van der Waals surface area contributed by atoms with Crippen LogP contribution < -0.4 is 10.9 Å². The van der Waals surface area contributed by atoms with Crippen molar-refractivity contribution in [1.82, 2.24) is 19.6 Å². The van der Waals surface area contributed by atoms with Crippen molar-refractivity contribution in [3.63, 3.8) is 0 Å². The molecule has 0 saturated carbocycles. The Labute approximate surface area is 149 Å². The largest absolute Gasteiger partial charge is 0.336 e. The second-order valence-corrected chi connectivity index (χ2v) is 6.41. The van der Waals surface area contributed by atoms with Crippen molar-refractivity contribution in [2.75, 3.05) is 26.2 Å². The first-order valence-corrected chi connectivity index (χ1v) is 8.59. The molecule has 3 heterocycles. The van der Waals surface area contributed by atoms with Gasteiger partial charge in [-0.15, -0.1) is 0 Å². The summed E-state index contributed by atoms with van der Waals surface area (Å²) in [5, 5.41) is 3.18. The Morgan fingerprint density at radius 1 is 1.19 bits per heavy atom. The Kier molecular flexibility index (Phi) is 4.30. The van der Waals surface area contributed by atoms with Gasteiger partial charge < -0.3 is 19.6 Å². The topological polar surface area (TPSA) is 69.6 Å². The molecule has 0 aliphatic carbocycles. The Morgan fingerprint density at radius 3 is 2.81 bits per heavy atom. The van der Waals surface area contributed by atoms with Gasteiger partial charge in [0.1, 0.15) is 11.3 Å². The predicted molar refractivity (Wildman–Crippen MR) is 96.0 cm³/mol. The average Bonchev–Trinajstić information content (AvgIpc) is 3.17. The van der Waals surface area contributed by atoms with Crippen LogP contribution in [0.2, 0.25) is 0 Å². The number of carbonyl (C=O) groups excluding carboxylic acids is 1. The van der Waals surface area contributed by atoms with Gasteiger partial charge in [0.2, 0.25) is 0 Å². The third kappa shape index (κ3) is 3.01. The van der Waals surface area contributed by atoms with E-state index in [0.717, 1.165) is 24.3 Å². The highest BCUT2D eigenvalue weighted by Gasteiger charge is 2.21. The number of piperazine rings is 1. The van der Waals surface area contributed by atoms with Crippen molar-refractivity contribution >= 4 is 11.4 Å². The van der Waals surface area contributed by atoms with E-state index >= 15 is 0 Å². The predicted octanol–water partition coefficient (Wildman–Crippen LogP) is 1.40. The molecule has 2 aromatic heterocycles. The van der Waals surface area contributed by atoms with Crippen molar-refractivity contribution in [3.8, 4) is 0 Å². The van der Waals surface area contributed by atoms with Crippen LogP contribution in [0.25, 0.3) is 5.52 Å². The molecule has 3 aromatic rings. The van der Waals surface area contributed by atoms with E-state index in [1.54, 1.807) is 39.8 Å². The van der Waals surface area contributed by atoms with Gasteiger partial charge in [-0.1, -0.05) is 6.07 Å². The lowest BCUT2D eigenvalue weighted by Crippen LogP contribution is -2.46. The van der Waals surface area contributed by atoms with Gasteiger partial charge in [0, 0.05) is 50.7 Å². The number of amides is 1. The summed E-state index contributed by atoms with van der Waals surface area (Å²) < 4.78 is 16.1. The van der Waals surface area contributed by atoms with Gasteiger partial charge in [-0.2, -0.15) is 0 Å². The van der Waals surface area contributed by atoms with Crippen molar-refractivity contribution in [2.24, 2.45) is 0 Å². The molecule has 0 atom stereocenters. The fourth-order valence-corrected chi connectivity index (χ4v) is 3.34. The lowest BCUT2D eigenvalue weighted by atomic mass is 10.0. The summed E-state index contributed by atoms with van der Waals surface area (Å²) in [6, 6.07) is 8.16.